The van der Waals surface area contributed by atoms with Gasteiger partial charge in [-0.3, -0.25) is 0 Å². The van der Waals surface area contributed by atoms with Crippen molar-refractivity contribution < 1.29 is 14.2 Å². The van der Waals surface area contributed by atoms with Crippen molar-refractivity contribution in [2.75, 3.05) is 27.4 Å². The van der Waals surface area contributed by atoms with Crippen LogP contribution in [0.15, 0.2) is 6.33 Å². The Morgan fingerprint density at radius 1 is 1.22 bits per heavy atom. The fourth-order valence-electron chi connectivity index (χ4n) is 1.51. The minimum absolute atomic E-state index is 0.236. The van der Waals surface area contributed by atoms with Crippen molar-refractivity contribution in [3.8, 4) is 11.8 Å². The van der Waals surface area contributed by atoms with Gasteiger partial charge < -0.3 is 19.5 Å². The fourth-order valence-corrected chi connectivity index (χ4v) is 1.51. The molecule has 1 N–H and O–H groups in total. The maximum atomic E-state index is 5.34. The molecule has 0 aliphatic heterocycles. The molecule has 0 saturated heterocycles. The summed E-state index contributed by atoms with van der Waals surface area (Å²) >= 11 is 0. The van der Waals surface area contributed by atoms with Crippen molar-refractivity contribution >= 4 is 0 Å². The quantitative estimate of drug-likeness (QED) is 0.748. The van der Waals surface area contributed by atoms with E-state index in [0.29, 0.717) is 31.5 Å². The average molecular weight is 255 g/mol. The predicted molar refractivity (Wildman–Crippen MR) is 67.9 cm³/mol. The summed E-state index contributed by atoms with van der Waals surface area (Å²) in [5, 5.41) is 3.32. The first-order valence-corrected chi connectivity index (χ1v) is 5.95. The van der Waals surface area contributed by atoms with Crippen molar-refractivity contribution in [3.63, 3.8) is 0 Å². The molecule has 0 aliphatic rings. The van der Waals surface area contributed by atoms with Crippen LogP contribution in [0.3, 0.4) is 0 Å². The van der Waals surface area contributed by atoms with E-state index in [1.54, 1.807) is 14.2 Å². The van der Waals surface area contributed by atoms with E-state index in [-0.39, 0.29) is 6.04 Å². The molecular weight excluding hydrogens is 234 g/mol. The van der Waals surface area contributed by atoms with Crippen LogP contribution >= 0.6 is 0 Å². The number of hydrogen-bond acceptors (Lipinski definition) is 6. The number of methoxy groups -OCH3 is 2. The van der Waals surface area contributed by atoms with E-state index in [4.69, 9.17) is 14.2 Å². The molecule has 0 saturated carbocycles. The summed E-state index contributed by atoms with van der Waals surface area (Å²) in [7, 11) is 3.16. The number of rotatable bonds is 8. The van der Waals surface area contributed by atoms with E-state index in [1.165, 1.54) is 6.33 Å². The number of nitrogens with zero attached hydrogens (tertiary/aromatic N) is 2. The van der Waals surface area contributed by atoms with E-state index >= 15 is 0 Å². The summed E-state index contributed by atoms with van der Waals surface area (Å²) in [6.45, 7) is 5.98. The van der Waals surface area contributed by atoms with Gasteiger partial charge in [0.25, 0.3) is 0 Å². The highest BCUT2D eigenvalue weighted by Crippen LogP contribution is 2.22. The highest BCUT2D eigenvalue weighted by atomic mass is 16.5. The third-order valence-electron chi connectivity index (χ3n) is 2.45. The van der Waals surface area contributed by atoms with Crippen LogP contribution in [0.2, 0.25) is 0 Å². The van der Waals surface area contributed by atoms with Crippen LogP contribution < -0.4 is 14.8 Å². The number of ether oxygens (including phenoxy) is 3. The van der Waals surface area contributed by atoms with Crippen LogP contribution in [0.5, 0.6) is 11.8 Å². The maximum Gasteiger partial charge on any atom is 0.224 e. The van der Waals surface area contributed by atoms with Gasteiger partial charge in [-0.1, -0.05) is 0 Å². The average Bonchev–Trinajstić information content (AvgIpc) is 2.42. The van der Waals surface area contributed by atoms with Crippen LogP contribution in [0.4, 0.5) is 0 Å². The number of hydrogen-bond donors (Lipinski definition) is 1. The molecule has 1 heterocycles. The standard InChI is InChI=1S/C12H21N3O3/c1-5-18-7-9(2)13-6-10-11(16-3)14-8-15-12(10)17-4/h8-9,13H,5-7H2,1-4H3. The summed E-state index contributed by atoms with van der Waals surface area (Å²) in [5.41, 5.74) is 0.811. The Kier molecular flexibility index (Phi) is 6.38. The van der Waals surface area contributed by atoms with Gasteiger partial charge in [-0.15, -0.1) is 0 Å². The van der Waals surface area contributed by atoms with Gasteiger partial charge in [0.2, 0.25) is 11.8 Å². The van der Waals surface area contributed by atoms with Crippen LogP contribution in [0.25, 0.3) is 0 Å². The monoisotopic (exact) mass is 255 g/mol. The first-order valence-electron chi connectivity index (χ1n) is 5.95. The Balaban J connectivity index is 2.65. The largest absolute Gasteiger partial charge is 0.481 e. The molecule has 0 bridgehead atoms. The molecule has 0 aromatic carbocycles. The van der Waals surface area contributed by atoms with Crippen LogP contribution in [-0.2, 0) is 11.3 Å². The van der Waals surface area contributed by atoms with E-state index in [9.17, 15) is 0 Å². The van der Waals surface area contributed by atoms with Gasteiger partial charge in [0, 0.05) is 19.2 Å². The van der Waals surface area contributed by atoms with Crippen molar-refractivity contribution in [2.24, 2.45) is 0 Å². The molecule has 102 valence electrons. The van der Waals surface area contributed by atoms with Gasteiger partial charge in [-0.2, -0.15) is 0 Å². The smallest absolute Gasteiger partial charge is 0.224 e. The molecule has 0 aliphatic carbocycles. The Morgan fingerprint density at radius 2 is 1.83 bits per heavy atom. The van der Waals surface area contributed by atoms with E-state index < -0.39 is 0 Å². The first kappa shape index (κ1) is 14.7. The van der Waals surface area contributed by atoms with Gasteiger partial charge in [0.05, 0.1) is 26.4 Å². The molecule has 1 aromatic rings. The second-order valence-corrected chi connectivity index (χ2v) is 3.81. The van der Waals surface area contributed by atoms with Gasteiger partial charge >= 0.3 is 0 Å². The number of nitrogens with one attached hydrogen (secondary N) is 1. The summed E-state index contributed by atoms with van der Waals surface area (Å²) in [5.74, 6) is 1.05. The normalized spacial score (nSPS) is 12.2. The SMILES string of the molecule is CCOCC(C)NCc1c(OC)ncnc1OC. The highest BCUT2D eigenvalue weighted by Gasteiger charge is 2.13. The summed E-state index contributed by atoms with van der Waals surface area (Å²) in [6.07, 6.45) is 1.42. The topological polar surface area (TPSA) is 65.5 Å². The summed E-state index contributed by atoms with van der Waals surface area (Å²) < 4.78 is 15.7. The Labute approximate surface area is 108 Å². The fraction of sp³-hybridized carbons (Fsp3) is 0.667. The van der Waals surface area contributed by atoms with Gasteiger partial charge in [0.15, 0.2) is 0 Å². The molecule has 0 amide bonds. The molecule has 1 atom stereocenters. The molecule has 0 spiro atoms. The Morgan fingerprint density at radius 3 is 2.33 bits per heavy atom. The molecule has 0 radical (unpaired) electrons. The third kappa shape index (κ3) is 4.12. The van der Waals surface area contributed by atoms with Crippen molar-refractivity contribution in [1.29, 1.82) is 0 Å². The lowest BCUT2D eigenvalue weighted by Crippen LogP contribution is -2.30. The molecule has 1 rings (SSSR count). The summed E-state index contributed by atoms with van der Waals surface area (Å²) in [6, 6.07) is 0.236. The molecule has 1 unspecified atom stereocenters. The van der Waals surface area contributed by atoms with Gasteiger partial charge in [-0.25, -0.2) is 9.97 Å². The molecule has 18 heavy (non-hydrogen) atoms. The Bertz CT molecular complexity index is 338. The zero-order valence-corrected chi connectivity index (χ0v) is 11.4. The highest BCUT2D eigenvalue weighted by molar-refractivity contribution is 5.34. The van der Waals surface area contributed by atoms with Crippen molar-refractivity contribution in [3.05, 3.63) is 11.9 Å². The van der Waals surface area contributed by atoms with Gasteiger partial charge in [-0.05, 0) is 13.8 Å². The number of aromatic nitrogens is 2. The van der Waals surface area contributed by atoms with Crippen molar-refractivity contribution in [2.45, 2.75) is 26.4 Å². The summed E-state index contributed by atoms with van der Waals surface area (Å²) in [4.78, 5) is 8.12. The van der Waals surface area contributed by atoms with E-state index in [2.05, 4.69) is 22.2 Å². The first-order chi connectivity index (χ1) is 8.72. The zero-order valence-electron chi connectivity index (χ0n) is 11.4. The van der Waals surface area contributed by atoms with Crippen LogP contribution in [-0.4, -0.2) is 43.4 Å². The molecule has 6 nitrogen and oxygen atoms in total. The lowest BCUT2D eigenvalue weighted by Gasteiger charge is -2.15. The second-order valence-electron chi connectivity index (χ2n) is 3.81. The minimum Gasteiger partial charge on any atom is -0.481 e. The predicted octanol–water partition coefficient (Wildman–Crippen LogP) is 1.01. The minimum atomic E-state index is 0.236. The lowest BCUT2D eigenvalue weighted by molar-refractivity contribution is 0.126. The van der Waals surface area contributed by atoms with Crippen LogP contribution in [0.1, 0.15) is 19.4 Å². The maximum absolute atomic E-state index is 5.34. The van der Waals surface area contributed by atoms with Crippen molar-refractivity contribution in [1.82, 2.24) is 15.3 Å². The van der Waals surface area contributed by atoms with Gasteiger partial charge in [0.1, 0.15) is 6.33 Å². The second kappa shape index (κ2) is 7.84. The molecule has 1 aromatic heterocycles. The van der Waals surface area contributed by atoms with E-state index in [0.717, 1.165) is 5.56 Å². The Hall–Kier alpha value is -1.40. The molecule has 6 heteroatoms. The third-order valence-corrected chi connectivity index (χ3v) is 2.45. The molecular formula is C12H21N3O3. The lowest BCUT2D eigenvalue weighted by atomic mass is 10.2. The van der Waals surface area contributed by atoms with Crippen LogP contribution in [0, 0.1) is 0 Å². The molecule has 0 fully saturated rings. The van der Waals surface area contributed by atoms with E-state index in [1.807, 2.05) is 6.92 Å². The zero-order chi connectivity index (χ0) is 13.4.